The molecule has 0 atom stereocenters. The number of nitrogens with zero attached hydrogens (tertiary/aromatic N) is 4. The Balaban J connectivity index is 1.43. The zero-order valence-electron chi connectivity index (χ0n) is 18.4. The van der Waals surface area contributed by atoms with Crippen molar-refractivity contribution in [3.63, 3.8) is 0 Å². The van der Waals surface area contributed by atoms with Crippen LogP contribution < -0.4 is 4.90 Å². The quantitative estimate of drug-likeness (QED) is 0.562. The summed E-state index contributed by atoms with van der Waals surface area (Å²) in [6.07, 6.45) is 2.14. The molecule has 1 aliphatic rings. The maximum atomic E-state index is 13.0. The average Bonchev–Trinajstić information content (AvgIpc) is 3.51. The fourth-order valence-electron chi connectivity index (χ4n) is 4.24. The number of hydrogen-bond acceptors (Lipinski definition) is 8. The van der Waals surface area contributed by atoms with E-state index in [0.717, 1.165) is 11.3 Å². The monoisotopic (exact) mass is 435 g/mol. The Morgan fingerprint density at radius 1 is 1.28 bits per heavy atom. The molecule has 0 amide bonds. The molecule has 4 heterocycles. The van der Waals surface area contributed by atoms with Gasteiger partial charge in [0.1, 0.15) is 6.07 Å². The molecule has 0 bridgehead atoms. The molecule has 0 radical (unpaired) electrons. The summed E-state index contributed by atoms with van der Waals surface area (Å²) in [6, 6.07) is 5.54. The topological polar surface area (TPSA) is 119 Å². The first-order valence-electron chi connectivity index (χ1n) is 10.6. The highest BCUT2D eigenvalue weighted by atomic mass is 16.4. The summed E-state index contributed by atoms with van der Waals surface area (Å²) in [5, 5.41) is 9.46. The smallest absolute Gasteiger partial charge is 0.266 e. The number of ketones is 2. The van der Waals surface area contributed by atoms with E-state index in [1.54, 1.807) is 12.1 Å². The minimum absolute atomic E-state index is 0.0246. The highest BCUT2D eigenvalue weighted by molar-refractivity contribution is 6.04. The molecule has 9 nitrogen and oxygen atoms in total. The number of furan rings is 1. The lowest BCUT2D eigenvalue weighted by atomic mass is 10.0. The van der Waals surface area contributed by atoms with Crippen molar-refractivity contribution in [1.29, 1.82) is 5.26 Å². The number of H-pyrrole nitrogens is 1. The molecular weight excluding hydrogens is 410 g/mol. The maximum Gasteiger partial charge on any atom is 0.266 e. The van der Waals surface area contributed by atoms with E-state index in [1.807, 2.05) is 18.7 Å². The van der Waals surface area contributed by atoms with E-state index in [-0.39, 0.29) is 29.7 Å². The highest BCUT2D eigenvalue weighted by Crippen LogP contribution is 2.29. The summed E-state index contributed by atoms with van der Waals surface area (Å²) in [5.74, 6) is 1.11. The predicted molar refractivity (Wildman–Crippen MR) is 117 cm³/mol. The van der Waals surface area contributed by atoms with Gasteiger partial charge >= 0.3 is 0 Å². The van der Waals surface area contributed by atoms with E-state index in [4.69, 9.17) is 8.83 Å². The van der Waals surface area contributed by atoms with Gasteiger partial charge in [-0.25, -0.2) is 0 Å². The molecule has 3 aromatic rings. The number of aryl methyl sites for hydroxylation is 1. The second-order valence-electron chi connectivity index (χ2n) is 7.84. The first-order valence-corrected chi connectivity index (χ1v) is 10.6. The van der Waals surface area contributed by atoms with Gasteiger partial charge < -0.3 is 18.7 Å². The molecule has 3 aromatic heterocycles. The van der Waals surface area contributed by atoms with E-state index in [0.29, 0.717) is 55.5 Å². The molecule has 0 saturated carbocycles. The summed E-state index contributed by atoms with van der Waals surface area (Å²) in [7, 11) is 0. The van der Waals surface area contributed by atoms with Gasteiger partial charge in [0.15, 0.2) is 17.3 Å². The number of rotatable bonds is 7. The lowest BCUT2D eigenvalue weighted by Gasteiger charge is -2.34. The van der Waals surface area contributed by atoms with Gasteiger partial charge in [0, 0.05) is 37.4 Å². The van der Waals surface area contributed by atoms with Crippen LogP contribution in [-0.2, 0) is 6.42 Å². The Kier molecular flexibility index (Phi) is 5.97. The zero-order valence-corrected chi connectivity index (χ0v) is 18.4. The van der Waals surface area contributed by atoms with Gasteiger partial charge in [-0.3, -0.25) is 14.5 Å². The molecule has 4 rings (SSSR count). The van der Waals surface area contributed by atoms with Gasteiger partial charge in [0.05, 0.1) is 18.5 Å². The largest absolute Gasteiger partial charge is 0.459 e. The molecule has 32 heavy (non-hydrogen) atoms. The third kappa shape index (κ3) is 3.97. The van der Waals surface area contributed by atoms with Crippen LogP contribution in [0.25, 0.3) is 11.7 Å². The van der Waals surface area contributed by atoms with E-state index in [1.165, 1.54) is 13.2 Å². The first kappa shape index (κ1) is 21.6. The molecule has 166 valence electrons. The summed E-state index contributed by atoms with van der Waals surface area (Å²) in [6.45, 7) is 8.02. The number of Topliss-reactive ketones (excluding diaryl/α,β-unsaturated/α-hetero) is 2. The number of carbonyl (C=O) groups excluding carboxylic acids is 2. The lowest BCUT2D eigenvalue weighted by Crippen LogP contribution is -2.48. The van der Waals surface area contributed by atoms with E-state index in [9.17, 15) is 14.9 Å². The Morgan fingerprint density at radius 2 is 2.03 bits per heavy atom. The number of nitriles is 1. The predicted octanol–water partition coefficient (Wildman–Crippen LogP) is 3.21. The lowest BCUT2D eigenvalue weighted by molar-refractivity contribution is 0.0920. The van der Waals surface area contributed by atoms with Crippen molar-refractivity contribution in [3.05, 3.63) is 46.6 Å². The van der Waals surface area contributed by atoms with Crippen LogP contribution in [0.2, 0.25) is 0 Å². The van der Waals surface area contributed by atoms with Crippen molar-refractivity contribution in [2.45, 2.75) is 27.2 Å². The molecule has 0 unspecified atom stereocenters. The highest BCUT2D eigenvalue weighted by Gasteiger charge is 2.28. The standard InChI is InChI=1S/C23H25N5O4/c1-4-16-20(15(3)29)14(2)25-21(16)18(30)13-27-7-9-28(10-8-27)23-17(12-24)26-22(32-23)19-6-5-11-31-19/h5-6,11,25H,4,7-10,13H2,1-3H3. The Morgan fingerprint density at radius 3 is 2.62 bits per heavy atom. The van der Waals surface area contributed by atoms with Crippen LogP contribution in [0.5, 0.6) is 0 Å². The number of oxazole rings is 1. The Labute approximate surface area is 185 Å². The minimum atomic E-state index is -0.0301. The molecule has 1 fully saturated rings. The summed E-state index contributed by atoms with van der Waals surface area (Å²) < 4.78 is 11.1. The van der Waals surface area contributed by atoms with Gasteiger partial charge in [-0.05, 0) is 38.0 Å². The van der Waals surface area contributed by atoms with E-state index < -0.39 is 0 Å². The van der Waals surface area contributed by atoms with Crippen molar-refractivity contribution in [2.24, 2.45) is 0 Å². The fraction of sp³-hybridized carbons (Fsp3) is 0.391. The van der Waals surface area contributed by atoms with Crippen LogP contribution >= 0.6 is 0 Å². The summed E-state index contributed by atoms with van der Waals surface area (Å²) in [5.41, 5.74) is 2.91. The van der Waals surface area contributed by atoms with Crippen LogP contribution in [0.4, 0.5) is 5.88 Å². The van der Waals surface area contributed by atoms with Gasteiger partial charge in [-0.2, -0.15) is 10.2 Å². The van der Waals surface area contributed by atoms with E-state index >= 15 is 0 Å². The number of aromatic nitrogens is 2. The van der Waals surface area contributed by atoms with Crippen molar-refractivity contribution < 1.29 is 18.4 Å². The Bertz CT molecular complexity index is 1170. The van der Waals surface area contributed by atoms with Crippen molar-refractivity contribution >= 4 is 17.5 Å². The van der Waals surface area contributed by atoms with Gasteiger partial charge in [0.25, 0.3) is 5.89 Å². The summed E-state index contributed by atoms with van der Waals surface area (Å²) in [4.78, 5) is 36.4. The van der Waals surface area contributed by atoms with E-state index in [2.05, 4.69) is 20.9 Å². The minimum Gasteiger partial charge on any atom is -0.459 e. The molecule has 9 heteroatoms. The van der Waals surface area contributed by atoms with Crippen LogP contribution in [0.15, 0.2) is 27.2 Å². The number of anilines is 1. The van der Waals surface area contributed by atoms with Crippen molar-refractivity contribution in [3.8, 4) is 17.7 Å². The maximum absolute atomic E-state index is 13.0. The molecule has 0 aromatic carbocycles. The number of nitrogens with one attached hydrogen (secondary N) is 1. The Hall–Kier alpha value is -3.64. The molecule has 1 N–H and O–H groups in total. The van der Waals surface area contributed by atoms with Crippen LogP contribution in [0, 0.1) is 18.3 Å². The molecule has 0 aliphatic carbocycles. The zero-order chi connectivity index (χ0) is 22.8. The molecule has 0 spiro atoms. The second-order valence-corrected chi connectivity index (χ2v) is 7.84. The van der Waals surface area contributed by atoms with Crippen LogP contribution in [0.3, 0.4) is 0 Å². The second kappa shape index (κ2) is 8.85. The average molecular weight is 435 g/mol. The molecular formula is C23H25N5O4. The number of carbonyl (C=O) groups is 2. The van der Waals surface area contributed by atoms with Crippen molar-refractivity contribution in [2.75, 3.05) is 37.6 Å². The normalized spacial score (nSPS) is 14.5. The first-order chi connectivity index (χ1) is 15.4. The SMILES string of the molecule is CCc1c(C(=O)CN2CCN(c3oc(-c4ccco4)nc3C#N)CC2)[nH]c(C)c1C(C)=O. The van der Waals surface area contributed by atoms with Gasteiger partial charge in [-0.1, -0.05) is 6.92 Å². The number of piperazine rings is 1. The third-order valence-corrected chi connectivity index (χ3v) is 5.75. The third-order valence-electron chi connectivity index (χ3n) is 5.75. The van der Waals surface area contributed by atoms with Gasteiger partial charge in [-0.15, -0.1) is 0 Å². The van der Waals surface area contributed by atoms with Crippen molar-refractivity contribution in [1.82, 2.24) is 14.9 Å². The number of hydrogen-bond donors (Lipinski definition) is 1. The molecule has 1 aliphatic heterocycles. The number of aromatic amines is 1. The van der Waals surface area contributed by atoms with Gasteiger partial charge in [0.2, 0.25) is 11.6 Å². The summed E-state index contributed by atoms with van der Waals surface area (Å²) >= 11 is 0. The molecule has 1 saturated heterocycles. The fourth-order valence-corrected chi connectivity index (χ4v) is 4.24. The van der Waals surface area contributed by atoms with Crippen LogP contribution in [0.1, 0.15) is 51.6 Å². The van der Waals surface area contributed by atoms with Crippen LogP contribution in [-0.4, -0.2) is 59.2 Å².